The number of hydrogen-bond acceptors (Lipinski definition) is 4. The third-order valence-electron chi connectivity index (χ3n) is 1.86. The Bertz CT molecular complexity index is 96.1. The van der Waals surface area contributed by atoms with Crippen LogP contribution < -0.4 is 0 Å². The SMILES string of the molecule is CCN(CC)CCO.CN(C)CCO. The van der Waals surface area contributed by atoms with Crippen LogP contribution in [-0.4, -0.2) is 73.5 Å². The summed E-state index contributed by atoms with van der Waals surface area (Å²) in [4.78, 5) is 4.11. The molecular weight excluding hydrogens is 180 g/mol. The number of likely N-dealkylation sites (N-methyl/N-ethyl adjacent to an activating group) is 2. The van der Waals surface area contributed by atoms with Crippen molar-refractivity contribution in [3.63, 3.8) is 0 Å². The van der Waals surface area contributed by atoms with Crippen LogP contribution in [0.3, 0.4) is 0 Å². The van der Waals surface area contributed by atoms with E-state index in [-0.39, 0.29) is 13.2 Å². The maximum atomic E-state index is 8.46. The quantitative estimate of drug-likeness (QED) is 0.635. The van der Waals surface area contributed by atoms with Crippen molar-refractivity contribution in [1.82, 2.24) is 9.80 Å². The number of nitrogens with zero attached hydrogens (tertiary/aromatic N) is 2. The highest BCUT2D eigenvalue weighted by Gasteiger charge is 1.93. The summed E-state index contributed by atoms with van der Waals surface area (Å²) in [6, 6.07) is 0. The fourth-order valence-electron chi connectivity index (χ4n) is 0.881. The van der Waals surface area contributed by atoms with E-state index in [1.165, 1.54) is 0 Å². The predicted octanol–water partition coefficient (Wildman–Crippen LogP) is -0.139. The molecule has 0 radical (unpaired) electrons. The first-order chi connectivity index (χ1) is 6.62. The standard InChI is InChI=1S/C6H15NO.C4H11NO/c1-3-7(4-2)5-6-8;1-5(2)3-4-6/h8H,3-6H2,1-2H3;6H,3-4H2,1-2H3. The molecule has 2 N–H and O–H groups in total. The molecule has 88 valence electrons. The fourth-order valence-corrected chi connectivity index (χ4v) is 0.881. The summed E-state index contributed by atoms with van der Waals surface area (Å²) in [5.74, 6) is 0. The predicted molar refractivity (Wildman–Crippen MR) is 60.5 cm³/mol. The van der Waals surface area contributed by atoms with Crippen LogP contribution in [0, 0.1) is 0 Å². The zero-order valence-electron chi connectivity index (χ0n) is 10.0. The maximum absolute atomic E-state index is 8.46. The van der Waals surface area contributed by atoms with Crippen LogP contribution in [0.15, 0.2) is 0 Å². The lowest BCUT2D eigenvalue weighted by Gasteiger charge is -2.15. The number of hydrogen-bond donors (Lipinski definition) is 2. The first-order valence-corrected chi connectivity index (χ1v) is 5.21. The molecule has 0 aliphatic carbocycles. The van der Waals surface area contributed by atoms with E-state index in [2.05, 4.69) is 18.7 Å². The van der Waals surface area contributed by atoms with Gasteiger partial charge in [0.25, 0.3) is 0 Å². The first-order valence-electron chi connectivity index (χ1n) is 5.21. The molecule has 0 unspecified atom stereocenters. The van der Waals surface area contributed by atoms with Crippen molar-refractivity contribution in [2.45, 2.75) is 13.8 Å². The van der Waals surface area contributed by atoms with Gasteiger partial charge in [0.05, 0.1) is 13.2 Å². The van der Waals surface area contributed by atoms with Gasteiger partial charge in [-0.1, -0.05) is 13.8 Å². The van der Waals surface area contributed by atoms with E-state index in [4.69, 9.17) is 10.2 Å². The van der Waals surface area contributed by atoms with E-state index in [1.54, 1.807) is 0 Å². The van der Waals surface area contributed by atoms with E-state index in [0.29, 0.717) is 0 Å². The minimum atomic E-state index is 0.257. The van der Waals surface area contributed by atoms with Gasteiger partial charge in [0.15, 0.2) is 0 Å². The largest absolute Gasteiger partial charge is 0.395 e. The van der Waals surface area contributed by atoms with E-state index in [9.17, 15) is 0 Å². The first kappa shape index (κ1) is 16.3. The second-order valence-electron chi connectivity index (χ2n) is 3.28. The van der Waals surface area contributed by atoms with Crippen molar-refractivity contribution < 1.29 is 10.2 Å². The summed E-state index contributed by atoms with van der Waals surface area (Å²) in [5.41, 5.74) is 0. The van der Waals surface area contributed by atoms with Crippen molar-refractivity contribution in [3.05, 3.63) is 0 Å². The van der Waals surface area contributed by atoms with Crippen LogP contribution in [0.2, 0.25) is 0 Å². The normalized spacial score (nSPS) is 10.3. The van der Waals surface area contributed by atoms with Gasteiger partial charge in [-0.3, -0.25) is 0 Å². The molecular formula is C10H26N2O2. The van der Waals surface area contributed by atoms with Crippen LogP contribution in [0.25, 0.3) is 0 Å². The summed E-state index contributed by atoms with van der Waals surface area (Å²) < 4.78 is 0. The monoisotopic (exact) mass is 206 g/mol. The van der Waals surface area contributed by atoms with Gasteiger partial charge in [-0.15, -0.1) is 0 Å². The van der Waals surface area contributed by atoms with Gasteiger partial charge in [-0.25, -0.2) is 0 Å². The zero-order chi connectivity index (χ0) is 11.4. The molecule has 0 aromatic heterocycles. The molecule has 4 nitrogen and oxygen atoms in total. The topological polar surface area (TPSA) is 46.9 Å². The van der Waals surface area contributed by atoms with E-state index >= 15 is 0 Å². The molecule has 0 aliphatic heterocycles. The smallest absolute Gasteiger partial charge is 0.0558 e. The molecule has 0 spiro atoms. The Morgan fingerprint density at radius 2 is 1.29 bits per heavy atom. The second-order valence-corrected chi connectivity index (χ2v) is 3.28. The molecule has 14 heavy (non-hydrogen) atoms. The summed E-state index contributed by atoms with van der Waals surface area (Å²) in [6.07, 6.45) is 0. The lowest BCUT2D eigenvalue weighted by Crippen LogP contribution is -2.25. The maximum Gasteiger partial charge on any atom is 0.0558 e. The summed E-state index contributed by atoms with van der Waals surface area (Å²) >= 11 is 0. The Morgan fingerprint density at radius 1 is 0.857 bits per heavy atom. The molecule has 0 aromatic rings. The highest BCUT2D eigenvalue weighted by Crippen LogP contribution is 1.82. The van der Waals surface area contributed by atoms with Crippen LogP contribution in [0.1, 0.15) is 13.8 Å². The minimum absolute atomic E-state index is 0.257. The van der Waals surface area contributed by atoms with E-state index in [1.807, 2.05) is 19.0 Å². The number of rotatable bonds is 6. The molecule has 0 aromatic carbocycles. The van der Waals surface area contributed by atoms with Gasteiger partial charge in [0.2, 0.25) is 0 Å². The van der Waals surface area contributed by atoms with Crippen molar-refractivity contribution >= 4 is 0 Å². The Balaban J connectivity index is 0. The molecule has 4 heteroatoms. The van der Waals surface area contributed by atoms with E-state index < -0.39 is 0 Å². The molecule has 0 saturated carbocycles. The Kier molecular flexibility index (Phi) is 14.9. The summed E-state index contributed by atoms with van der Waals surface area (Å²) in [6.45, 7) is 8.38. The van der Waals surface area contributed by atoms with Gasteiger partial charge in [-0.2, -0.15) is 0 Å². The highest BCUT2D eigenvalue weighted by molar-refractivity contribution is 4.47. The lowest BCUT2D eigenvalue weighted by molar-refractivity contribution is 0.208. The molecule has 0 aliphatic rings. The fraction of sp³-hybridized carbons (Fsp3) is 1.00. The van der Waals surface area contributed by atoms with Gasteiger partial charge >= 0.3 is 0 Å². The average Bonchev–Trinajstić information content (AvgIpc) is 2.15. The van der Waals surface area contributed by atoms with Gasteiger partial charge < -0.3 is 20.0 Å². The van der Waals surface area contributed by atoms with Crippen LogP contribution >= 0.6 is 0 Å². The molecule has 0 amide bonds. The minimum Gasteiger partial charge on any atom is -0.395 e. The van der Waals surface area contributed by atoms with Crippen LogP contribution in [-0.2, 0) is 0 Å². The Labute approximate surface area is 88.1 Å². The van der Waals surface area contributed by atoms with Crippen molar-refractivity contribution in [2.24, 2.45) is 0 Å². The van der Waals surface area contributed by atoms with E-state index in [0.717, 1.165) is 26.2 Å². The number of aliphatic hydroxyl groups excluding tert-OH is 2. The van der Waals surface area contributed by atoms with Crippen LogP contribution in [0.4, 0.5) is 0 Å². The Morgan fingerprint density at radius 3 is 1.36 bits per heavy atom. The third kappa shape index (κ3) is 14.4. The van der Waals surface area contributed by atoms with Crippen molar-refractivity contribution in [2.75, 3.05) is 53.5 Å². The van der Waals surface area contributed by atoms with Crippen molar-refractivity contribution in [3.8, 4) is 0 Å². The summed E-state index contributed by atoms with van der Waals surface area (Å²) in [7, 11) is 3.85. The third-order valence-corrected chi connectivity index (χ3v) is 1.86. The zero-order valence-corrected chi connectivity index (χ0v) is 10.0. The molecule has 0 rings (SSSR count). The molecule has 0 atom stereocenters. The molecule has 0 fully saturated rings. The lowest BCUT2D eigenvalue weighted by atomic mass is 10.5. The van der Waals surface area contributed by atoms with Crippen LogP contribution in [0.5, 0.6) is 0 Å². The Hall–Kier alpha value is -0.160. The van der Waals surface area contributed by atoms with Gasteiger partial charge in [0, 0.05) is 13.1 Å². The summed E-state index contributed by atoms with van der Waals surface area (Å²) in [5, 5.41) is 16.7. The van der Waals surface area contributed by atoms with Gasteiger partial charge in [-0.05, 0) is 27.2 Å². The molecule has 0 bridgehead atoms. The number of aliphatic hydroxyl groups is 2. The van der Waals surface area contributed by atoms with Gasteiger partial charge in [0.1, 0.15) is 0 Å². The molecule has 0 saturated heterocycles. The highest BCUT2D eigenvalue weighted by atomic mass is 16.3. The molecule has 0 heterocycles. The average molecular weight is 206 g/mol. The second kappa shape index (κ2) is 12.8. The van der Waals surface area contributed by atoms with Crippen molar-refractivity contribution in [1.29, 1.82) is 0 Å².